The van der Waals surface area contributed by atoms with E-state index in [0.717, 1.165) is 13.1 Å². The van der Waals surface area contributed by atoms with Crippen LogP contribution >= 0.6 is 0 Å². The molecule has 1 saturated heterocycles. The molecule has 2 rings (SSSR count). The normalized spacial score (nSPS) is 16.6. The molecule has 5 nitrogen and oxygen atoms in total. The third-order valence-corrected chi connectivity index (χ3v) is 3.64. The van der Waals surface area contributed by atoms with E-state index in [1.54, 1.807) is 6.07 Å². The number of nitrogens with one attached hydrogen (secondary N) is 1. The zero-order valence-electron chi connectivity index (χ0n) is 15.8. The Labute approximate surface area is 149 Å². The van der Waals surface area contributed by atoms with Crippen molar-refractivity contribution in [2.45, 2.75) is 64.8 Å². The number of carbonyl (C=O) groups excluding carboxylic acids is 1. The molecule has 0 aliphatic carbocycles. The van der Waals surface area contributed by atoms with Crippen molar-refractivity contribution in [2.24, 2.45) is 0 Å². The predicted molar refractivity (Wildman–Crippen MR) is 95.1 cm³/mol. The molecule has 2 N–H and O–H groups in total. The Morgan fingerprint density at radius 1 is 1.28 bits per heavy atom. The Morgan fingerprint density at radius 3 is 2.32 bits per heavy atom. The van der Waals surface area contributed by atoms with Gasteiger partial charge in [-0.1, -0.05) is 0 Å². The van der Waals surface area contributed by atoms with Gasteiger partial charge in [0.15, 0.2) is 0 Å². The average Bonchev–Trinajstić information content (AvgIpc) is 2.46. The first-order valence-corrected chi connectivity index (χ1v) is 8.58. The van der Waals surface area contributed by atoms with Gasteiger partial charge in [0.05, 0.1) is 11.7 Å². The van der Waals surface area contributed by atoms with Gasteiger partial charge in [-0.15, -0.1) is 0 Å². The molecule has 1 aliphatic rings. The van der Waals surface area contributed by atoms with Gasteiger partial charge in [-0.05, 0) is 72.7 Å². The molecule has 0 amide bonds. The van der Waals surface area contributed by atoms with Gasteiger partial charge >= 0.3 is 0 Å². The maximum absolute atomic E-state index is 13.3. The molecule has 1 heterocycles. The maximum Gasteiger partial charge on any atom is 0.293 e. The molecule has 6 heteroatoms. The number of benzene rings is 1. The fourth-order valence-electron chi connectivity index (χ4n) is 2.49. The minimum absolute atomic E-state index is 0.0455. The largest absolute Gasteiger partial charge is 0.491 e. The highest BCUT2D eigenvalue weighted by Crippen LogP contribution is 2.37. The molecule has 0 saturated carbocycles. The van der Waals surface area contributed by atoms with Crippen molar-refractivity contribution >= 4 is 6.47 Å². The Hall–Kier alpha value is -1.66. The number of ether oxygens (including phenoxy) is 2. The third kappa shape index (κ3) is 7.40. The second-order valence-electron chi connectivity index (χ2n) is 7.42. The lowest BCUT2D eigenvalue weighted by Gasteiger charge is -2.34. The number of hydrogen-bond donors (Lipinski definition) is 2. The van der Waals surface area contributed by atoms with E-state index in [1.165, 1.54) is 12.1 Å². The third-order valence-electron chi connectivity index (χ3n) is 3.64. The van der Waals surface area contributed by atoms with Crippen LogP contribution in [0.5, 0.6) is 5.75 Å². The molecular weight excluding hydrogens is 325 g/mol. The van der Waals surface area contributed by atoms with Crippen LogP contribution in [0.4, 0.5) is 4.39 Å². The molecule has 0 spiro atoms. The smallest absolute Gasteiger partial charge is 0.293 e. The number of rotatable bonds is 4. The van der Waals surface area contributed by atoms with Crippen LogP contribution in [0.15, 0.2) is 18.2 Å². The number of halogens is 1. The van der Waals surface area contributed by atoms with Gasteiger partial charge in [-0.25, -0.2) is 4.39 Å². The van der Waals surface area contributed by atoms with Crippen LogP contribution in [0.3, 0.4) is 0 Å². The van der Waals surface area contributed by atoms with Crippen LogP contribution in [-0.4, -0.2) is 36.4 Å². The molecule has 0 radical (unpaired) electrons. The summed E-state index contributed by atoms with van der Waals surface area (Å²) in [6.45, 7) is 11.2. The standard InChI is InChI=1S/C14H20FNO2.C5H10O2/c1-10(2)18-13-9-11(15)3-4-12(13)14(17)5-7-16-8-6-14;1-5(2,3)7-4-6/h3-4,9-10,16-17H,5-8H2,1-2H3;4H,1-3H3. The molecule has 1 aromatic rings. The Bertz CT molecular complexity index is 549. The lowest BCUT2D eigenvalue weighted by Crippen LogP contribution is -2.40. The minimum atomic E-state index is -0.914. The second-order valence-corrected chi connectivity index (χ2v) is 7.42. The maximum atomic E-state index is 13.3. The first kappa shape index (κ1) is 21.4. The Morgan fingerprint density at radius 2 is 1.88 bits per heavy atom. The summed E-state index contributed by atoms with van der Waals surface area (Å²) in [6, 6.07) is 4.37. The molecule has 1 aliphatic heterocycles. The van der Waals surface area contributed by atoms with E-state index in [1.807, 2.05) is 34.6 Å². The Kier molecular flexibility index (Phi) is 7.83. The van der Waals surface area contributed by atoms with Gasteiger partial charge in [0.1, 0.15) is 17.2 Å². The molecule has 142 valence electrons. The van der Waals surface area contributed by atoms with Crippen molar-refractivity contribution in [1.29, 1.82) is 0 Å². The van der Waals surface area contributed by atoms with E-state index in [-0.39, 0.29) is 17.5 Å². The number of carbonyl (C=O) groups is 1. The van der Waals surface area contributed by atoms with Gasteiger partial charge in [-0.2, -0.15) is 0 Å². The molecule has 0 bridgehead atoms. The SMILES string of the molecule is CC(C)(C)OC=O.CC(C)Oc1cc(F)ccc1C1(O)CCNCC1. The summed E-state index contributed by atoms with van der Waals surface area (Å²) in [5, 5.41) is 13.9. The number of hydrogen-bond acceptors (Lipinski definition) is 5. The summed E-state index contributed by atoms with van der Waals surface area (Å²) in [6.07, 6.45) is 1.19. The zero-order chi connectivity index (χ0) is 19.1. The predicted octanol–water partition coefficient (Wildman–Crippen LogP) is 3.14. The molecular formula is C19H30FNO4. The fourth-order valence-corrected chi connectivity index (χ4v) is 2.49. The monoisotopic (exact) mass is 355 g/mol. The summed E-state index contributed by atoms with van der Waals surface area (Å²) in [5.41, 5.74) is -0.538. The molecule has 1 aromatic carbocycles. The van der Waals surface area contributed by atoms with Crippen molar-refractivity contribution in [2.75, 3.05) is 13.1 Å². The average molecular weight is 355 g/mol. The van der Waals surface area contributed by atoms with Crippen molar-refractivity contribution in [3.05, 3.63) is 29.6 Å². The summed E-state index contributed by atoms with van der Waals surface area (Å²) in [4.78, 5) is 9.60. The fraction of sp³-hybridized carbons (Fsp3) is 0.632. The zero-order valence-corrected chi connectivity index (χ0v) is 15.8. The van der Waals surface area contributed by atoms with Gasteiger partial charge in [0.25, 0.3) is 6.47 Å². The van der Waals surface area contributed by atoms with Crippen molar-refractivity contribution in [3.63, 3.8) is 0 Å². The first-order chi connectivity index (χ1) is 11.6. The number of aliphatic hydroxyl groups is 1. The summed E-state index contributed by atoms with van der Waals surface area (Å²) in [5.74, 6) is 0.112. The van der Waals surface area contributed by atoms with Gasteiger partial charge < -0.3 is 19.9 Å². The molecule has 0 atom stereocenters. The summed E-state index contributed by atoms with van der Waals surface area (Å²) < 4.78 is 23.5. The van der Waals surface area contributed by atoms with Crippen molar-refractivity contribution < 1.29 is 23.8 Å². The van der Waals surface area contributed by atoms with Crippen LogP contribution in [0.25, 0.3) is 0 Å². The lowest BCUT2D eigenvalue weighted by molar-refractivity contribution is -0.138. The van der Waals surface area contributed by atoms with E-state index >= 15 is 0 Å². The molecule has 0 unspecified atom stereocenters. The summed E-state index contributed by atoms with van der Waals surface area (Å²) >= 11 is 0. The highest BCUT2D eigenvalue weighted by atomic mass is 19.1. The molecule has 0 aromatic heterocycles. The van der Waals surface area contributed by atoms with E-state index in [0.29, 0.717) is 30.6 Å². The van der Waals surface area contributed by atoms with Gasteiger partial charge in [0, 0.05) is 11.6 Å². The summed E-state index contributed by atoms with van der Waals surface area (Å²) in [7, 11) is 0. The van der Waals surface area contributed by atoms with Gasteiger partial charge in [0.2, 0.25) is 0 Å². The van der Waals surface area contributed by atoms with E-state index in [9.17, 15) is 14.3 Å². The van der Waals surface area contributed by atoms with Crippen LogP contribution in [-0.2, 0) is 15.1 Å². The van der Waals surface area contributed by atoms with Gasteiger partial charge in [-0.3, -0.25) is 4.79 Å². The first-order valence-electron chi connectivity index (χ1n) is 8.58. The van der Waals surface area contributed by atoms with Crippen LogP contribution in [0.2, 0.25) is 0 Å². The topological polar surface area (TPSA) is 67.8 Å². The molecule has 25 heavy (non-hydrogen) atoms. The van der Waals surface area contributed by atoms with Crippen LogP contribution in [0, 0.1) is 5.82 Å². The highest BCUT2D eigenvalue weighted by Gasteiger charge is 2.34. The minimum Gasteiger partial charge on any atom is -0.491 e. The van der Waals surface area contributed by atoms with Crippen molar-refractivity contribution in [1.82, 2.24) is 5.32 Å². The lowest BCUT2D eigenvalue weighted by atomic mass is 9.84. The van der Waals surface area contributed by atoms with E-state index in [2.05, 4.69) is 10.1 Å². The number of piperidine rings is 1. The molecule has 1 fully saturated rings. The van der Waals surface area contributed by atoms with Crippen LogP contribution < -0.4 is 10.1 Å². The highest BCUT2D eigenvalue weighted by molar-refractivity contribution is 5.39. The second kappa shape index (κ2) is 9.15. The quantitative estimate of drug-likeness (QED) is 0.812. The van der Waals surface area contributed by atoms with E-state index < -0.39 is 5.60 Å². The van der Waals surface area contributed by atoms with Crippen molar-refractivity contribution in [3.8, 4) is 5.75 Å². The van der Waals surface area contributed by atoms with Crippen LogP contribution in [0.1, 0.15) is 53.0 Å². The Balaban J connectivity index is 0.000000381. The van der Waals surface area contributed by atoms with E-state index in [4.69, 9.17) is 4.74 Å².